The molecule has 0 fully saturated rings. The lowest BCUT2D eigenvalue weighted by Crippen LogP contribution is -2.15. The van der Waals surface area contributed by atoms with E-state index in [9.17, 15) is 14.9 Å². The van der Waals surface area contributed by atoms with Gasteiger partial charge >= 0.3 is 5.97 Å². The lowest BCUT2D eigenvalue weighted by molar-refractivity contribution is -0.522. The van der Waals surface area contributed by atoms with Crippen molar-refractivity contribution in [3.05, 3.63) is 69.8 Å². The quantitative estimate of drug-likeness (QED) is 0.306. The van der Waals surface area contributed by atoms with Gasteiger partial charge in [0.2, 0.25) is 0 Å². The third-order valence-corrected chi connectivity index (χ3v) is 4.68. The van der Waals surface area contributed by atoms with E-state index < -0.39 is 12.0 Å². The summed E-state index contributed by atoms with van der Waals surface area (Å²) in [4.78, 5) is 23.9. The minimum absolute atomic E-state index is 0.170. The molecule has 1 unspecified atom stereocenters. The van der Waals surface area contributed by atoms with Gasteiger partial charge < -0.3 is 9.47 Å². The second-order valence-corrected chi connectivity index (χ2v) is 6.13. The summed E-state index contributed by atoms with van der Waals surface area (Å²) in [7, 11) is 1.49. The second kappa shape index (κ2) is 9.08. The van der Waals surface area contributed by atoms with E-state index >= 15 is 0 Å². The average Bonchev–Trinajstić information content (AvgIpc) is 2.62. The first-order valence-electron chi connectivity index (χ1n) is 7.73. The van der Waals surface area contributed by atoms with Crippen LogP contribution in [0.4, 0.5) is 0 Å². The Morgan fingerprint density at radius 2 is 1.88 bits per heavy atom. The van der Waals surface area contributed by atoms with Gasteiger partial charge in [0.05, 0.1) is 30.6 Å². The summed E-state index contributed by atoms with van der Waals surface area (Å²) in [5, 5.41) is 11.6. The summed E-state index contributed by atoms with van der Waals surface area (Å²) in [6.07, 6.45) is 0. The van der Waals surface area contributed by atoms with Crippen LogP contribution >= 0.6 is 11.8 Å². The molecule has 0 aromatic heterocycles. The van der Waals surface area contributed by atoms with E-state index in [1.165, 1.54) is 18.9 Å². The van der Waals surface area contributed by atoms with E-state index in [0.29, 0.717) is 21.8 Å². The third-order valence-electron chi connectivity index (χ3n) is 3.53. The number of para-hydroxylation sites is 1. The second-order valence-electron chi connectivity index (χ2n) is 5.07. The molecule has 0 bridgehead atoms. The van der Waals surface area contributed by atoms with Crippen molar-refractivity contribution in [2.24, 2.45) is 0 Å². The highest BCUT2D eigenvalue weighted by atomic mass is 32.2. The molecule has 0 aliphatic carbocycles. The zero-order valence-corrected chi connectivity index (χ0v) is 14.8. The Bertz CT molecular complexity index is 750. The molecule has 0 N–H and O–H groups in total. The number of rotatable bonds is 8. The molecule has 0 aliphatic heterocycles. The topological polar surface area (TPSA) is 78.7 Å². The normalized spacial score (nSPS) is 11.6. The number of nitrogens with zero attached hydrogens (tertiary/aromatic N) is 1. The summed E-state index contributed by atoms with van der Waals surface area (Å²) in [5.74, 6) is 0.216. The van der Waals surface area contributed by atoms with Crippen LogP contribution in [0.1, 0.15) is 28.9 Å². The van der Waals surface area contributed by atoms with Crippen LogP contribution in [0.15, 0.2) is 53.4 Å². The molecule has 25 heavy (non-hydrogen) atoms. The van der Waals surface area contributed by atoms with Gasteiger partial charge in [0.15, 0.2) is 0 Å². The van der Waals surface area contributed by atoms with E-state index in [1.54, 1.807) is 55.5 Å². The van der Waals surface area contributed by atoms with Crippen molar-refractivity contribution in [3.8, 4) is 5.75 Å². The molecule has 0 heterocycles. The number of hydrogen-bond acceptors (Lipinski definition) is 6. The largest absolute Gasteiger partial charge is 0.496 e. The maximum atomic E-state index is 12.0. The maximum absolute atomic E-state index is 12.0. The molecule has 2 aromatic rings. The predicted molar refractivity (Wildman–Crippen MR) is 95.9 cm³/mol. The van der Waals surface area contributed by atoms with Crippen molar-refractivity contribution in [3.63, 3.8) is 0 Å². The molecule has 0 spiro atoms. The molecule has 7 heteroatoms. The molecule has 0 saturated heterocycles. The average molecular weight is 361 g/mol. The fourth-order valence-electron chi connectivity index (χ4n) is 2.34. The Balaban J connectivity index is 2.23. The maximum Gasteiger partial charge on any atom is 0.339 e. The van der Waals surface area contributed by atoms with Gasteiger partial charge in [-0.05, 0) is 31.2 Å². The van der Waals surface area contributed by atoms with E-state index in [1.807, 2.05) is 0 Å². The van der Waals surface area contributed by atoms with Gasteiger partial charge in [-0.1, -0.05) is 24.3 Å². The predicted octanol–water partition coefficient (Wildman–Crippen LogP) is 3.98. The van der Waals surface area contributed by atoms with Crippen LogP contribution in [0, 0.1) is 10.1 Å². The Morgan fingerprint density at radius 1 is 1.20 bits per heavy atom. The number of carbonyl (C=O) groups excluding carboxylic acids is 1. The van der Waals surface area contributed by atoms with Crippen LogP contribution in [0.25, 0.3) is 0 Å². The first kappa shape index (κ1) is 18.8. The van der Waals surface area contributed by atoms with Gasteiger partial charge in [0.1, 0.15) is 5.75 Å². The first-order valence-corrected chi connectivity index (χ1v) is 8.72. The summed E-state index contributed by atoms with van der Waals surface area (Å²) in [5.41, 5.74) is 0.924. The van der Waals surface area contributed by atoms with E-state index in [-0.39, 0.29) is 17.3 Å². The van der Waals surface area contributed by atoms with Crippen molar-refractivity contribution in [1.29, 1.82) is 0 Å². The highest BCUT2D eigenvalue weighted by Gasteiger charge is 2.27. The number of nitro groups is 1. The molecule has 132 valence electrons. The lowest BCUT2D eigenvalue weighted by atomic mass is 10.1. The van der Waals surface area contributed by atoms with E-state index in [4.69, 9.17) is 9.47 Å². The number of carbonyl (C=O) groups is 1. The van der Waals surface area contributed by atoms with Crippen molar-refractivity contribution in [1.82, 2.24) is 0 Å². The molecule has 0 aliphatic rings. The molecular weight excluding hydrogens is 342 g/mol. The summed E-state index contributed by atoms with van der Waals surface area (Å²) in [6.45, 7) is 2.01. The number of hydrogen-bond donors (Lipinski definition) is 0. The highest BCUT2D eigenvalue weighted by molar-refractivity contribution is 7.99. The van der Waals surface area contributed by atoms with Gasteiger partial charge in [-0.2, -0.15) is 0 Å². The zero-order valence-electron chi connectivity index (χ0n) is 14.0. The minimum atomic E-state index is -0.948. The Morgan fingerprint density at radius 3 is 2.56 bits per heavy atom. The number of thioether (sulfide) groups is 1. The van der Waals surface area contributed by atoms with Crippen LogP contribution in [0.2, 0.25) is 0 Å². The van der Waals surface area contributed by atoms with Gasteiger partial charge in [-0.25, -0.2) is 4.79 Å². The molecule has 1 atom stereocenters. The molecule has 0 amide bonds. The SMILES string of the molecule is CCOC(=O)c1ccccc1SCC(c1ccccc1OC)[N+](=O)[O-]. The molecular formula is C18H19NO5S. The van der Waals surface area contributed by atoms with Gasteiger partial charge in [-0.15, -0.1) is 11.8 Å². The Labute approximate surface area is 150 Å². The summed E-state index contributed by atoms with van der Waals surface area (Å²) >= 11 is 1.25. The number of methoxy groups -OCH3 is 1. The van der Waals surface area contributed by atoms with E-state index in [2.05, 4.69) is 0 Å². The van der Waals surface area contributed by atoms with Gasteiger partial charge in [-0.3, -0.25) is 10.1 Å². The van der Waals surface area contributed by atoms with Crippen LogP contribution in [0.5, 0.6) is 5.75 Å². The number of esters is 1. The van der Waals surface area contributed by atoms with Crippen molar-refractivity contribution in [2.75, 3.05) is 19.5 Å². The van der Waals surface area contributed by atoms with Crippen molar-refractivity contribution < 1.29 is 19.2 Å². The summed E-state index contributed by atoms with van der Waals surface area (Å²) in [6, 6.07) is 12.9. The summed E-state index contributed by atoms with van der Waals surface area (Å²) < 4.78 is 10.3. The smallest absolute Gasteiger partial charge is 0.339 e. The minimum Gasteiger partial charge on any atom is -0.496 e. The standard InChI is InChI=1S/C18H19NO5S/c1-3-24-18(20)14-9-5-7-11-17(14)25-12-15(19(21)22)13-8-4-6-10-16(13)23-2/h4-11,15H,3,12H2,1-2H3. The lowest BCUT2D eigenvalue weighted by Gasteiger charge is -2.14. The number of ether oxygens (including phenoxy) is 2. The monoisotopic (exact) mass is 361 g/mol. The van der Waals surface area contributed by atoms with Crippen LogP contribution < -0.4 is 4.74 Å². The molecule has 2 rings (SSSR count). The fraction of sp³-hybridized carbons (Fsp3) is 0.278. The molecule has 2 aromatic carbocycles. The number of benzene rings is 2. The van der Waals surface area contributed by atoms with Crippen molar-refractivity contribution >= 4 is 17.7 Å². The van der Waals surface area contributed by atoms with Gasteiger partial charge in [0, 0.05) is 9.82 Å². The zero-order chi connectivity index (χ0) is 18.2. The Hall–Kier alpha value is -2.54. The van der Waals surface area contributed by atoms with Crippen LogP contribution in [0.3, 0.4) is 0 Å². The fourth-order valence-corrected chi connectivity index (χ4v) is 3.46. The molecule has 6 nitrogen and oxygen atoms in total. The third kappa shape index (κ3) is 4.73. The Kier molecular flexibility index (Phi) is 6.82. The first-order chi connectivity index (χ1) is 12.1. The molecule has 0 radical (unpaired) electrons. The van der Waals surface area contributed by atoms with Crippen molar-refractivity contribution in [2.45, 2.75) is 17.9 Å². The molecule has 0 saturated carbocycles. The van der Waals surface area contributed by atoms with Gasteiger partial charge in [0.25, 0.3) is 6.04 Å². The van der Waals surface area contributed by atoms with Crippen LogP contribution in [-0.4, -0.2) is 30.4 Å². The van der Waals surface area contributed by atoms with Crippen LogP contribution in [-0.2, 0) is 4.74 Å². The van der Waals surface area contributed by atoms with E-state index in [0.717, 1.165) is 0 Å². The highest BCUT2D eigenvalue weighted by Crippen LogP contribution is 2.33.